The SMILES string of the molecule is CCOC1=NC2C(Cl)=NC=NC2=N1. The maximum atomic E-state index is 5.80. The number of ether oxygens (including phenoxy) is 1. The average molecular weight is 199 g/mol. The van der Waals surface area contributed by atoms with Gasteiger partial charge in [0.25, 0.3) is 0 Å². The van der Waals surface area contributed by atoms with Crippen LogP contribution in [0.1, 0.15) is 6.92 Å². The molecule has 2 heterocycles. The summed E-state index contributed by atoms with van der Waals surface area (Å²) in [4.78, 5) is 15.9. The Morgan fingerprint density at radius 1 is 1.62 bits per heavy atom. The third-order valence-electron chi connectivity index (χ3n) is 1.56. The average Bonchev–Trinajstić information content (AvgIpc) is 2.49. The normalized spacial score (nSPS) is 24.8. The number of halogens is 1. The molecular formula is C7H7ClN4O. The fourth-order valence-electron chi connectivity index (χ4n) is 1.03. The van der Waals surface area contributed by atoms with Crippen molar-refractivity contribution < 1.29 is 4.74 Å². The van der Waals surface area contributed by atoms with Crippen LogP contribution >= 0.6 is 11.6 Å². The first-order valence-corrected chi connectivity index (χ1v) is 4.24. The van der Waals surface area contributed by atoms with Crippen LogP contribution in [-0.2, 0) is 4.74 Å². The second-order valence-corrected chi connectivity index (χ2v) is 2.80. The first-order valence-electron chi connectivity index (χ1n) is 3.86. The minimum absolute atomic E-state index is 0.329. The highest BCUT2D eigenvalue weighted by atomic mass is 35.5. The summed E-state index contributed by atoms with van der Waals surface area (Å²) in [6.07, 6.45) is 1.36. The van der Waals surface area contributed by atoms with Gasteiger partial charge in [0.1, 0.15) is 11.5 Å². The van der Waals surface area contributed by atoms with Gasteiger partial charge >= 0.3 is 6.02 Å². The monoisotopic (exact) mass is 198 g/mol. The van der Waals surface area contributed by atoms with Crippen molar-refractivity contribution in [2.45, 2.75) is 13.0 Å². The first kappa shape index (κ1) is 8.37. The molecule has 13 heavy (non-hydrogen) atoms. The predicted octanol–water partition coefficient (Wildman–Crippen LogP) is 0.839. The molecule has 0 amide bonds. The standard InChI is InChI=1S/C7H7ClN4O/c1-2-13-7-11-4-5(8)9-3-10-6(4)12-7/h3-4H,2H2,1H3. The lowest BCUT2D eigenvalue weighted by Gasteiger charge is -2.05. The van der Waals surface area contributed by atoms with Gasteiger partial charge < -0.3 is 4.74 Å². The van der Waals surface area contributed by atoms with Gasteiger partial charge in [-0.3, -0.25) is 0 Å². The zero-order valence-electron chi connectivity index (χ0n) is 6.94. The lowest BCUT2D eigenvalue weighted by Crippen LogP contribution is -2.23. The van der Waals surface area contributed by atoms with E-state index in [4.69, 9.17) is 16.3 Å². The minimum Gasteiger partial charge on any atom is -0.464 e. The summed E-state index contributed by atoms with van der Waals surface area (Å²) in [5.74, 6) is 0.545. The summed E-state index contributed by atoms with van der Waals surface area (Å²) >= 11 is 5.80. The Labute approximate surface area is 79.9 Å². The van der Waals surface area contributed by atoms with Crippen LogP contribution in [0.15, 0.2) is 20.0 Å². The number of rotatable bonds is 1. The fraction of sp³-hybridized carbons (Fsp3) is 0.429. The Morgan fingerprint density at radius 3 is 3.15 bits per heavy atom. The smallest absolute Gasteiger partial charge is 0.314 e. The van der Waals surface area contributed by atoms with Crippen LogP contribution in [0.5, 0.6) is 0 Å². The summed E-state index contributed by atoms with van der Waals surface area (Å²) in [5, 5.41) is 0.378. The van der Waals surface area contributed by atoms with Gasteiger partial charge in [-0.2, -0.15) is 4.99 Å². The van der Waals surface area contributed by atoms with Gasteiger partial charge in [0.2, 0.25) is 0 Å². The molecule has 2 aliphatic rings. The highest BCUT2D eigenvalue weighted by Crippen LogP contribution is 2.14. The van der Waals surface area contributed by atoms with Crippen molar-refractivity contribution in [3.63, 3.8) is 0 Å². The first-order chi connectivity index (χ1) is 6.31. The molecular weight excluding hydrogens is 192 g/mol. The molecule has 0 bridgehead atoms. The molecule has 1 atom stereocenters. The van der Waals surface area contributed by atoms with Crippen molar-refractivity contribution in [2.24, 2.45) is 20.0 Å². The second-order valence-electron chi connectivity index (χ2n) is 2.41. The maximum Gasteiger partial charge on any atom is 0.314 e. The second kappa shape index (κ2) is 3.26. The van der Waals surface area contributed by atoms with E-state index in [1.165, 1.54) is 6.34 Å². The molecule has 6 heteroatoms. The lowest BCUT2D eigenvalue weighted by atomic mass is 10.3. The number of nitrogens with zero attached hydrogens (tertiary/aromatic N) is 4. The van der Waals surface area contributed by atoms with E-state index in [2.05, 4.69) is 20.0 Å². The third-order valence-corrected chi connectivity index (χ3v) is 1.87. The highest BCUT2D eigenvalue weighted by molar-refractivity contribution is 6.70. The van der Waals surface area contributed by atoms with E-state index in [1.807, 2.05) is 6.92 Å². The topological polar surface area (TPSA) is 58.7 Å². The van der Waals surface area contributed by atoms with Crippen molar-refractivity contribution in [3.05, 3.63) is 0 Å². The molecule has 0 aromatic rings. The van der Waals surface area contributed by atoms with Gasteiger partial charge in [-0.25, -0.2) is 15.0 Å². The zero-order valence-corrected chi connectivity index (χ0v) is 7.69. The minimum atomic E-state index is -0.354. The lowest BCUT2D eigenvalue weighted by molar-refractivity contribution is 0.322. The van der Waals surface area contributed by atoms with Gasteiger partial charge in [-0.15, -0.1) is 0 Å². The fourth-order valence-corrected chi connectivity index (χ4v) is 1.22. The van der Waals surface area contributed by atoms with Crippen molar-refractivity contribution >= 4 is 35.0 Å². The molecule has 68 valence electrons. The van der Waals surface area contributed by atoms with E-state index in [-0.39, 0.29) is 6.04 Å². The van der Waals surface area contributed by atoms with E-state index in [1.54, 1.807) is 0 Å². The van der Waals surface area contributed by atoms with Crippen LogP contribution in [-0.4, -0.2) is 36.0 Å². The van der Waals surface area contributed by atoms with Crippen LogP contribution in [0.2, 0.25) is 0 Å². The van der Waals surface area contributed by atoms with Crippen LogP contribution in [0.3, 0.4) is 0 Å². The molecule has 5 nitrogen and oxygen atoms in total. The van der Waals surface area contributed by atoms with Gasteiger partial charge in [0.05, 0.1) is 6.61 Å². The van der Waals surface area contributed by atoms with E-state index < -0.39 is 0 Å². The molecule has 0 spiro atoms. The summed E-state index contributed by atoms with van der Waals surface area (Å²) in [7, 11) is 0. The van der Waals surface area contributed by atoms with E-state index in [9.17, 15) is 0 Å². The largest absolute Gasteiger partial charge is 0.464 e. The van der Waals surface area contributed by atoms with Gasteiger partial charge in [-0.05, 0) is 6.92 Å². The molecule has 0 radical (unpaired) electrons. The van der Waals surface area contributed by atoms with Gasteiger partial charge in [0.15, 0.2) is 11.9 Å². The molecule has 1 unspecified atom stereocenters. The third kappa shape index (κ3) is 1.47. The number of hydrogen-bond donors (Lipinski definition) is 0. The van der Waals surface area contributed by atoms with Gasteiger partial charge in [0, 0.05) is 0 Å². The molecule has 0 aromatic heterocycles. The number of fused-ring (bicyclic) bond motifs is 1. The quantitative estimate of drug-likeness (QED) is 0.616. The van der Waals surface area contributed by atoms with Crippen molar-refractivity contribution in [2.75, 3.05) is 6.61 Å². The summed E-state index contributed by atoms with van der Waals surface area (Å²) in [5.41, 5.74) is 0. The molecule has 0 aromatic carbocycles. The molecule has 2 aliphatic heterocycles. The number of aliphatic imine (C=N–C) groups is 4. The molecule has 2 rings (SSSR count). The number of hydrogen-bond acceptors (Lipinski definition) is 5. The van der Waals surface area contributed by atoms with Gasteiger partial charge in [-0.1, -0.05) is 11.6 Å². The van der Waals surface area contributed by atoms with E-state index >= 15 is 0 Å². The van der Waals surface area contributed by atoms with Crippen LogP contribution in [0, 0.1) is 0 Å². The Bertz CT molecular complexity index is 344. The molecule has 0 fully saturated rings. The van der Waals surface area contributed by atoms with E-state index in [0.29, 0.717) is 23.6 Å². The van der Waals surface area contributed by atoms with Crippen LogP contribution < -0.4 is 0 Å². The Morgan fingerprint density at radius 2 is 2.46 bits per heavy atom. The van der Waals surface area contributed by atoms with Crippen molar-refractivity contribution in [1.82, 2.24) is 0 Å². The molecule has 0 saturated carbocycles. The summed E-state index contributed by atoms with van der Waals surface area (Å²) in [6.45, 7) is 2.39. The van der Waals surface area contributed by atoms with Crippen molar-refractivity contribution in [3.8, 4) is 0 Å². The van der Waals surface area contributed by atoms with Crippen molar-refractivity contribution in [1.29, 1.82) is 0 Å². The van der Waals surface area contributed by atoms with E-state index in [0.717, 1.165) is 0 Å². The summed E-state index contributed by atoms with van der Waals surface area (Å²) in [6, 6.07) is -0.0249. The highest BCUT2D eigenvalue weighted by Gasteiger charge is 2.28. The van der Waals surface area contributed by atoms with Crippen LogP contribution in [0.25, 0.3) is 0 Å². The maximum absolute atomic E-state index is 5.80. The zero-order chi connectivity index (χ0) is 9.26. The Hall–Kier alpha value is -1.23. The van der Waals surface area contributed by atoms with Crippen LogP contribution in [0.4, 0.5) is 0 Å². The number of amidine groups is 2. The molecule has 0 saturated heterocycles. The Balaban J connectivity index is 2.24. The molecule has 0 aliphatic carbocycles. The summed E-state index contributed by atoms with van der Waals surface area (Å²) < 4.78 is 5.12. The predicted molar refractivity (Wildman–Crippen MR) is 52.1 cm³/mol. The Kier molecular flexibility index (Phi) is 2.10. The molecule has 0 N–H and O–H groups in total.